The number of nitrogens with zero attached hydrogens (tertiary/aromatic N) is 4. The molecule has 5 aromatic rings. The summed E-state index contributed by atoms with van der Waals surface area (Å²) in [5, 5.41) is 11.3. The van der Waals surface area contributed by atoms with Gasteiger partial charge in [-0.2, -0.15) is 0 Å². The van der Waals surface area contributed by atoms with Crippen LogP contribution in [0.4, 0.5) is 0 Å². The van der Waals surface area contributed by atoms with Crippen molar-refractivity contribution < 1.29 is 8.83 Å². The van der Waals surface area contributed by atoms with E-state index in [0.29, 0.717) is 16.6 Å². The minimum absolute atomic E-state index is 0.0693. The van der Waals surface area contributed by atoms with Crippen molar-refractivity contribution in [2.75, 3.05) is 0 Å². The van der Waals surface area contributed by atoms with Crippen molar-refractivity contribution >= 4 is 22.3 Å². The Kier molecular flexibility index (Phi) is 3.25. The van der Waals surface area contributed by atoms with Gasteiger partial charge in [0, 0.05) is 23.2 Å². The predicted octanol–water partition coefficient (Wildman–Crippen LogP) is 3.36. The average Bonchev–Trinajstić information content (AvgIpc) is 3.40. The topological polar surface area (TPSA) is 111 Å². The highest BCUT2D eigenvalue weighted by atomic mass is 32.1. The Morgan fingerprint density at radius 2 is 1.92 bits per heavy atom. The van der Waals surface area contributed by atoms with Gasteiger partial charge in [0.25, 0.3) is 17.3 Å². The number of hydrogen-bond donors (Lipinski definition) is 1. The van der Waals surface area contributed by atoms with Crippen molar-refractivity contribution in [3.05, 3.63) is 58.5 Å². The van der Waals surface area contributed by atoms with Gasteiger partial charge < -0.3 is 13.8 Å². The highest BCUT2D eigenvalue weighted by molar-refractivity contribution is 7.12. The van der Waals surface area contributed by atoms with Crippen LogP contribution in [0.15, 0.2) is 61.7 Å². The molecule has 0 unspecified atom stereocenters. The molecule has 4 aromatic heterocycles. The van der Waals surface area contributed by atoms with Crippen LogP contribution < -0.4 is 5.56 Å². The van der Waals surface area contributed by atoms with E-state index in [-0.39, 0.29) is 22.9 Å². The zero-order valence-corrected chi connectivity index (χ0v) is 13.9. The summed E-state index contributed by atoms with van der Waals surface area (Å²) >= 11 is 1.38. The van der Waals surface area contributed by atoms with Crippen LogP contribution in [-0.2, 0) is 0 Å². The number of benzene rings is 1. The molecule has 1 N–H and O–H groups in total. The standard InChI is InChI=1S/C17H9N5O3S/c23-14-10(8-19-13(20-14)17-18-5-6-26-17)15-21-22-16(25-15)12-7-9-3-1-2-4-11(9)24-12/h1-8H,(H,19,20,23). The third-order valence-electron chi connectivity index (χ3n) is 3.73. The Bertz CT molecular complexity index is 1240. The number of furan rings is 1. The molecule has 0 fully saturated rings. The summed E-state index contributed by atoms with van der Waals surface area (Å²) in [4.78, 5) is 23.4. The number of thiazole rings is 1. The zero-order chi connectivity index (χ0) is 17.5. The van der Waals surface area contributed by atoms with Crippen LogP contribution in [0.1, 0.15) is 0 Å². The first-order valence-corrected chi connectivity index (χ1v) is 8.48. The molecule has 5 rings (SSSR count). The van der Waals surface area contributed by atoms with Crippen molar-refractivity contribution in [3.8, 4) is 33.9 Å². The molecule has 0 atom stereocenters. The Morgan fingerprint density at radius 3 is 2.73 bits per heavy atom. The van der Waals surface area contributed by atoms with Crippen molar-refractivity contribution in [2.45, 2.75) is 0 Å². The average molecular weight is 363 g/mol. The largest absolute Gasteiger partial charge is 0.451 e. The number of aromatic nitrogens is 5. The molecular weight excluding hydrogens is 354 g/mol. The minimum Gasteiger partial charge on any atom is -0.451 e. The van der Waals surface area contributed by atoms with Gasteiger partial charge in [-0.1, -0.05) is 18.2 Å². The zero-order valence-electron chi connectivity index (χ0n) is 13.0. The summed E-state index contributed by atoms with van der Waals surface area (Å²) in [5.41, 5.74) is 0.514. The van der Waals surface area contributed by atoms with Crippen LogP contribution >= 0.6 is 11.3 Å². The van der Waals surface area contributed by atoms with Crippen LogP contribution in [0.3, 0.4) is 0 Å². The molecule has 0 saturated carbocycles. The second kappa shape index (κ2) is 5.74. The van der Waals surface area contributed by atoms with Crippen LogP contribution in [0.25, 0.3) is 44.9 Å². The lowest BCUT2D eigenvalue weighted by Gasteiger charge is -1.97. The van der Waals surface area contributed by atoms with E-state index in [1.54, 1.807) is 17.6 Å². The molecule has 1 aromatic carbocycles. The summed E-state index contributed by atoms with van der Waals surface area (Å²) < 4.78 is 11.3. The Hall–Kier alpha value is -3.59. The maximum Gasteiger partial charge on any atom is 0.283 e. The minimum atomic E-state index is -0.384. The number of H-pyrrole nitrogens is 1. The summed E-state index contributed by atoms with van der Waals surface area (Å²) in [6.45, 7) is 0. The maximum atomic E-state index is 12.4. The molecule has 9 heteroatoms. The van der Waals surface area contributed by atoms with Gasteiger partial charge in [-0.15, -0.1) is 21.5 Å². The molecule has 0 aliphatic rings. The van der Waals surface area contributed by atoms with Crippen molar-refractivity contribution in [3.63, 3.8) is 0 Å². The first kappa shape index (κ1) is 14.7. The molecule has 0 aliphatic heterocycles. The molecule has 26 heavy (non-hydrogen) atoms. The molecular formula is C17H9N5O3S. The summed E-state index contributed by atoms with van der Waals surface area (Å²) in [5.74, 6) is 1.10. The first-order valence-electron chi connectivity index (χ1n) is 7.60. The van der Waals surface area contributed by atoms with E-state index in [2.05, 4.69) is 25.1 Å². The number of aromatic amines is 1. The van der Waals surface area contributed by atoms with Gasteiger partial charge in [0.1, 0.15) is 11.1 Å². The molecule has 8 nitrogen and oxygen atoms in total. The molecule has 126 valence electrons. The molecule has 0 radical (unpaired) electrons. The normalized spacial score (nSPS) is 11.2. The highest BCUT2D eigenvalue weighted by Gasteiger charge is 2.17. The van der Waals surface area contributed by atoms with Crippen molar-refractivity contribution in [1.29, 1.82) is 0 Å². The highest BCUT2D eigenvalue weighted by Crippen LogP contribution is 2.28. The van der Waals surface area contributed by atoms with Gasteiger partial charge >= 0.3 is 0 Å². The van der Waals surface area contributed by atoms with Crippen LogP contribution in [0, 0.1) is 0 Å². The number of rotatable bonds is 3. The van der Waals surface area contributed by atoms with E-state index in [1.807, 2.05) is 24.3 Å². The molecule has 0 aliphatic carbocycles. The molecule has 0 saturated heterocycles. The number of hydrogen-bond acceptors (Lipinski definition) is 8. The molecule has 0 spiro atoms. The van der Waals surface area contributed by atoms with E-state index in [0.717, 1.165) is 11.0 Å². The van der Waals surface area contributed by atoms with Crippen LogP contribution in [0.2, 0.25) is 0 Å². The molecule has 4 heterocycles. The van der Waals surface area contributed by atoms with Gasteiger partial charge in [-0.25, -0.2) is 9.97 Å². The van der Waals surface area contributed by atoms with Gasteiger partial charge in [0.2, 0.25) is 0 Å². The fourth-order valence-corrected chi connectivity index (χ4v) is 3.10. The summed E-state index contributed by atoms with van der Waals surface area (Å²) in [6, 6.07) is 9.37. The van der Waals surface area contributed by atoms with E-state index in [1.165, 1.54) is 17.5 Å². The van der Waals surface area contributed by atoms with Crippen LogP contribution in [-0.4, -0.2) is 25.1 Å². The lowest BCUT2D eigenvalue weighted by atomic mass is 10.2. The molecule has 0 bridgehead atoms. The van der Waals surface area contributed by atoms with E-state index < -0.39 is 0 Å². The SMILES string of the molecule is O=c1[nH]c(-c2nccs2)ncc1-c1nnc(-c2cc3ccccc3o2)o1. The third-order valence-corrected chi connectivity index (χ3v) is 4.51. The first-order chi connectivity index (χ1) is 12.8. The van der Waals surface area contributed by atoms with E-state index in [9.17, 15) is 4.79 Å². The van der Waals surface area contributed by atoms with Crippen LogP contribution in [0.5, 0.6) is 0 Å². The van der Waals surface area contributed by atoms with Gasteiger partial charge in [0.05, 0.1) is 0 Å². The van der Waals surface area contributed by atoms with Crippen molar-refractivity contribution in [1.82, 2.24) is 25.1 Å². The number of nitrogens with one attached hydrogen (secondary N) is 1. The smallest absolute Gasteiger partial charge is 0.283 e. The lowest BCUT2D eigenvalue weighted by Crippen LogP contribution is -2.11. The fourth-order valence-electron chi connectivity index (χ4n) is 2.52. The number of para-hydroxylation sites is 1. The maximum absolute atomic E-state index is 12.4. The van der Waals surface area contributed by atoms with Gasteiger partial charge in [-0.3, -0.25) is 4.79 Å². The Morgan fingerprint density at radius 1 is 1.04 bits per heavy atom. The monoisotopic (exact) mass is 363 g/mol. The fraction of sp³-hybridized carbons (Fsp3) is 0. The van der Waals surface area contributed by atoms with E-state index in [4.69, 9.17) is 8.83 Å². The predicted molar refractivity (Wildman–Crippen MR) is 94.5 cm³/mol. The quantitative estimate of drug-likeness (QED) is 0.523. The molecule has 0 amide bonds. The lowest BCUT2D eigenvalue weighted by molar-refractivity contribution is 0.541. The summed E-state index contributed by atoms with van der Waals surface area (Å²) in [6.07, 6.45) is 3.04. The second-order valence-corrected chi connectivity index (χ2v) is 6.27. The number of fused-ring (bicyclic) bond motifs is 1. The van der Waals surface area contributed by atoms with Gasteiger partial charge in [-0.05, 0) is 12.1 Å². The second-order valence-electron chi connectivity index (χ2n) is 5.37. The van der Waals surface area contributed by atoms with Gasteiger partial charge in [0.15, 0.2) is 16.6 Å². The third kappa shape index (κ3) is 2.42. The van der Waals surface area contributed by atoms with Crippen molar-refractivity contribution in [2.24, 2.45) is 0 Å². The van der Waals surface area contributed by atoms with E-state index >= 15 is 0 Å². The Labute approximate surface area is 149 Å². The summed E-state index contributed by atoms with van der Waals surface area (Å²) in [7, 11) is 0. The Balaban J connectivity index is 1.53.